The maximum atomic E-state index is 12.0. The summed E-state index contributed by atoms with van der Waals surface area (Å²) in [5, 5.41) is 12.2. The summed E-state index contributed by atoms with van der Waals surface area (Å²) < 4.78 is 5.39. The first kappa shape index (κ1) is 16.3. The number of likely N-dealkylation sites (tertiary alicyclic amines) is 1. The predicted octanol–water partition coefficient (Wildman–Crippen LogP) is 2.66. The molecule has 1 heterocycles. The fraction of sp³-hybridized carbons (Fsp3) is 0.529. The molecule has 22 heavy (non-hydrogen) atoms. The molecule has 1 aromatic carbocycles. The van der Waals surface area contributed by atoms with Crippen LogP contribution in [0.3, 0.4) is 0 Å². The highest BCUT2D eigenvalue weighted by Gasteiger charge is 2.29. The van der Waals surface area contributed by atoms with E-state index in [1.54, 1.807) is 4.90 Å². The van der Waals surface area contributed by atoms with Gasteiger partial charge in [0.1, 0.15) is 5.60 Å². The zero-order valence-corrected chi connectivity index (χ0v) is 13.4. The van der Waals surface area contributed by atoms with E-state index in [0.717, 1.165) is 25.1 Å². The van der Waals surface area contributed by atoms with Gasteiger partial charge < -0.3 is 15.0 Å². The van der Waals surface area contributed by atoms with Crippen molar-refractivity contribution in [2.45, 2.75) is 45.4 Å². The second kappa shape index (κ2) is 6.80. The summed E-state index contributed by atoms with van der Waals surface area (Å²) in [4.78, 5) is 13.7. The minimum atomic E-state index is -0.453. The molecule has 0 bridgehead atoms. The topological polar surface area (TPSA) is 65.4 Å². The molecule has 1 atom stereocenters. The van der Waals surface area contributed by atoms with Gasteiger partial charge in [-0.15, -0.1) is 0 Å². The molecular weight excluding hydrogens is 278 g/mol. The van der Waals surface area contributed by atoms with E-state index in [0.29, 0.717) is 12.1 Å². The van der Waals surface area contributed by atoms with E-state index in [9.17, 15) is 4.79 Å². The van der Waals surface area contributed by atoms with E-state index >= 15 is 0 Å². The van der Waals surface area contributed by atoms with Crippen LogP contribution in [0.25, 0.3) is 0 Å². The van der Waals surface area contributed by atoms with Crippen molar-refractivity contribution < 1.29 is 9.53 Å². The fourth-order valence-corrected chi connectivity index (χ4v) is 2.38. The van der Waals surface area contributed by atoms with Crippen molar-refractivity contribution in [3.05, 3.63) is 35.4 Å². The highest BCUT2D eigenvalue weighted by atomic mass is 16.6. The second-order valence-corrected chi connectivity index (χ2v) is 6.60. The number of rotatable bonds is 3. The Balaban J connectivity index is 1.78. The largest absolute Gasteiger partial charge is 0.444 e. The molecule has 0 radical (unpaired) electrons. The number of nitrogens with one attached hydrogen (secondary N) is 1. The van der Waals surface area contributed by atoms with Crippen molar-refractivity contribution in [2.24, 2.45) is 0 Å². The van der Waals surface area contributed by atoms with Gasteiger partial charge in [-0.3, -0.25) is 0 Å². The van der Waals surface area contributed by atoms with Gasteiger partial charge in [0, 0.05) is 25.7 Å². The Kier molecular flexibility index (Phi) is 5.04. The van der Waals surface area contributed by atoms with Crippen molar-refractivity contribution in [2.75, 3.05) is 13.1 Å². The van der Waals surface area contributed by atoms with Crippen LogP contribution in [0.1, 0.15) is 38.3 Å². The van der Waals surface area contributed by atoms with Crippen LogP contribution in [0, 0.1) is 11.3 Å². The lowest BCUT2D eigenvalue weighted by atomic mass is 10.1. The number of amides is 1. The van der Waals surface area contributed by atoms with Crippen molar-refractivity contribution in [3.8, 4) is 6.07 Å². The zero-order valence-electron chi connectivity index (χ0n) is 13.4. The van der Waals surface area contributed by atoms with E-state index in [2.05, 4.69) is 11.4 Å². The van der Waals surface area contributed by atoms with Gasteiger partial charge in [0.2, 0.25) is 0 Å². The van der Waals surface area contributed by atoms with E-state index in [-0.39, 0.29) is 12.1 Å². The molecule has 1 amide bonds. The van der Waals surface area contributed by atoms with Crippen LogP contribution in [0.4, 0.5) is 4.79 Å². The van der Waals surface area contributed by atoms with Gasteiger partial charge in [-0.1, -0.05) is 12.1 Å². The fourth-order valence-electron chi connectivity index (χ4n) is 2.38. The number of benzene rings is 1. The van der Waals surface area contributed by atoms with Crippen LogP contribution < -0.4 is 5.32 Å². The number of carbonyl (C=O) groups excluding carboxylic acids is 1. The van der Waals surface area contributed by atoms with E-state index in [1.165, 1.54) is 0 Å². The molecule has 0 aromatic heterocycles. The Morgan fingerprint density at radius 1 is 1.41 bits per heavy atom. The minimum absolute atomic E-state index is 0.241. The van der Waals surface area contributed by atoms with Gasteiger partial charge in [-0.05, 0) is 44.9 Å². The highest BCUT2D eigenvalue weighted by Crippen LogP contribution is 2.15. The lowest BCUT2D eigenvalue weighted by Crippen LogP contribution is -2.38. The Morgan fingerprint density at radius 2 is 2.09 bits per heavy atom. The first-order chi connectivity index (χ1) is 10.4. The molecule has 1 fully saturated rings. The molecular formula is C17H23N3O2. The van der Waals surface area contributed by atoms with Crippen LogP contribution in [-0.2, 0) is 11.3 Å². The lowest BCUT2D eigenvalue weighted by molar-refractivity contribution is 0.0291. The summed E-state index contributed by atoms with van der Waals surface area (Å²) in [5.74, 6) is 0. The summed E-state index contributed by atoms with van der Waals surface area (Å²) in [6, 6.07) is 9.93. The number of hydrogen-bond donors (Lipinski definition) is 1. The summed E-state index contributed by atoms with van der Waals surface area (Å²) in [6.07, 6.45) is 0.686. The maximum Gasteiger partial charge on any atom is 0.410 e. The van der Waals surface area contributed by atoms with Gasteiger partial charge in [-0.25, -0.2) is 4.79 Å². The Bertz CT molecular complexity index is 555. The van der Waals surface area contributed by atoms with Crippen molar-refractivity contribution in [1.29, 1.82) is 5.26 Å². The number of nitrogens with zero attached hydrogens (tertiary/aromatic N) is 2. The van der Waals surface area contributed by atoms with Gasteiger partial charge in [-0.2, -0.15) is 5.26 Å². The Labute approximate surface area is 131 Å². The smallest absolute Gasteiger partial charge is 0.410 e. The minimum Gasteiger partial charge on any atom is -0.444 e. The summed E-state index contributed by atoms with van der Waals surface area (Å²) in [5.41, 5.74) is 1.35. The molecule has 5 heteroatoms. The first-order valence-corrected chi connectivity index (χ1v) is 7.58. The van der Waals surface area contributed by atoms with Crippen LogP contribution in [0.2, 0.25) is 0 Å². The van der Waals surface area contributed by atoms with Crippen molar-refractivity contribution in [3.63, 3.8) is 0 Å². The first-order valence-electron chi connectivity index (χ1n) is 7.58. The average molecular weight is 301 g/mol. The molecule has 1 aliphatic rings. The molecule has 0 saturated carbocycles. The molecule has 1 aliphatic heterocycles. The molecule has 0 aliphatic carbocycles. The maximum absolute atomic E-state index is 12.0. The Hall–Kier alpha value is -2.06. The molecule has 118 valence electrons. The highest BCUT2D eigenvalue weighted by molar-refractivity contribution is 5.68. The number of ether oxygens (including phenoxy) is 1. The monoisotopic (exact) mass is 301 g/mol. The summed E-state index contributed by atoms with van der Waals surface area (Å²) in [7, 11) is 0. The third-order valence-electron chi connectivity index (χ3n) is 3.52. The van der Waals surface area contributed by atoms with Gasteiger partial charge in [0.15, 0.2) is 0 Å². The van der Waals surface area contributed by atoms with Crippen LogP contribution >= 0.6 is 0 Å². The quantitative estimate of drug-likeness (QED) is 0.932. The van der Waals surface area contributed by atoms with Gasteiger partial charge in [0.05, 0.1) is 11.6 Å². The molecule has 5 nitrogen and oxygen atoms in total. The molecule has 1 saturated heterocycles. The van der Waals surface area contributed by atoms with Crippen LogP contribution in [-0.4, -0.2) is 35.7 Å². The predicted molar refractivity (Wildman–Crippen MR) is 84.2 cm³/mol. The third-order valence-corrected chi connectivity index (χ3v) is 3.52. The van der Waals surface area contributed by atoms with Gasteiger partial charge in [0.25, 0.3) is 0 Å². The number of nitriles is 1. The third kappa shape index (κ3) is 4.74. The number of hydrogen-bond acceptors (Lipinski definition) is 4. The van der Waals surface area contributed by atoms with E-state index < -0.39 is 5.60 Å². The number of carbonyl (C=O) groups is 1. The second-order valence-electron chi connectivity index (χ2n) is 6.60. The van der Waals surface area contributed by atoms with Crippen LogP contribution in [0.5, 0.6) is 0 Å². The lowest BCUT2D eigenvalue weighted by Gasteiger charge is -2.24. The summed E-state index contributed by atoms with van der Waals surface area (Å²) >= 11 is 0. The standard InChI is InChI=1S/C17H23N3O2/c1-17(2,3)22-16(21)20-9-8-15(12-20)19-11-14-6-4-13(10-18)5-7-14/h4-7,15,19H,8-9,11-12H2,1-3H3/t15-/m0/s1. The SMILES string of the molecule is CC(C)(C)OC(=O)N1CC[C@H](NCc2ccc(C#N)cc2)C1. The Morgan fingerprint density at radius 3 is 2.68 bits per heavy atom. The zero-order chi connectivity index (χ0) is 16.2. The summed E-state index contributed by atoms with van der Waals surface area (Å²) in [6.45, 7) is 7.76. The molecule has 0 spiro atoms. The van der Waals surface area contributed by atoms with Crippen molar-refractivity contribution in [1.82, 2.24) is 10.2 Å². The van der Waals surface area contributed by atoms with Crippen molar-refractivity contribution >= 4 is 6.09 Å². The molecule has 0 unspecified atom stereocenters. The van der Waals surface area contributed by atoms with Gasteiger partial charge >= 0.3 is 6.09 Å². The molecule has 1 N–H and O–H groups in total. The van der Waals surface area contributed by atoms with E-state index in [4.69, 9.17) is 10.00 Å². The molecule has 1 aromatic rings. The average Bonchev–Trinajstić information content (AvgIpc) is 2.93. The normalized spacial score (nSPS) is 18.1. The molecule has 2 rings (SSSR count). The van der Waals surface area contributed by atoms with E-state index in [1.807, 2.05) is 45.0 Å². The van der Waals surface area contributed by atoms with Crippen LogP contribution in [0.15, 0.2) is 24.3 Å².